The third kappa shape index (κ3) is 5.94. The zero-order valence-electron chi connectivity index (χ0n) is 23.5. The summed E-state index contributed by atoms with van der Waals surface area (Å²) in [6.07, 6.45) is 2.95. The number of fused-ring (bicyclic) bond motifs is 1. The Labute approximate surface area is 272 Å². The highest BCUT2D eigenvalue weighted by Gasteiger charge is 2.23. The van der Waals surface area contributed by atoms with Gasteiger partial charge in [0.25, 0.3) is 11.8 Å². The van der Waals surface area contributed by atoms with Crippen LogP contribution in [0, 0.1) is 18.3 Å². The van der Waals surface area contributed by atoms with E-state index < -0.39 is 17.4 Å². The number of nitriles is 1. The number of hydrogen-bond donors (Lipinski definition) is 3. The molecule has 6 aromatic rings. The van der Waals surface area contributed by atoms with E-state index >= 15 is 0 Å². The number of hydrogen-bond acceptors (Lipinski definition) is 10. The maximum absolute atomic E-state index is 13.5. The summed E-state index contributed by atoms with van der Waals surface area (Å²) in [4.78, 5) is 43.8. The van der Waals surface area contributed by atoms with Gasteiger partial charge in [-0.3, -0.25) is 9.59 Å². The molecular formula is C30H19BrClN9O5. The van der Waals surface area contributed by atoms with Crippen LogP contribution in [0.1, 0.15) is 37.7 Å². The van der Waals surface area contributed by atoms with Gasteiger partial charge in [0, 0.05) is 23.7 Å². The lowest BCUT2D eigenvalue weighted by Crippen LogP contribution is -2.26. The predicted molar refractivity (Wildman–Crippen MR) is 168 cm³/mol. The number of phenolic OH excluding ortho intramolecular Hbond substituents is 1. The molecule has 0 saturated heterocycles. The topological polar surface area (TPSA) is 194 Å². The molecule has 0 fully saturated rings. The maximum atomic E-state index is 13.5. The summed E-state index contributed by atoms with van der Waals surface area (Å²) in [6.45, 7) is 1.55. The number of pyridine rings is 1. The van der Waals surface area contributed by atoms with Gasteiger partial charge in [0.05, 0.1) is 40.6 Å². The number of nitrogens with one attached hydrogen (secondary N) is 2. The van der Waals surface area contributed by atoms with Gasteiger partial charge in [0.1, 0.15) is 27.3 Å². The molecule has 0 radical (unpaired) electrons. The lowest BCUT2D eigenvalue weighted by atomic mass is 10.0. The second kappa shape index (κ2) is 12.3. The Bertz CT molecular complexity index is 2290. The summed E-state index contributed by atoms with van der Waals surface area (Å²) < 4.78 is 8.12. The van der Waals surface area contributed by atoms with Gasteiger partial charge in [0.15, 0.2) is 11.5 Å². The summed E-state index contributed by atoms with van der Waals surface area (Å²) >= 11 is 9.57. The monoisotopic (exact) mass is 699 g/mol. The second-order valence-corrected chi connectivity index (χ2v) is 11.1. The number of amides is 2. The molecule has 46 heavy (non-hydrogen) atoms. The summed E-state index contributed by atoms with van der Waals surface area (Å²) in [5.74, 6) is -1.05. The number of anilines is 1. The lowest BCUT2D eigenvalue weighted by molar-refractivity contribution is 0.0951. The zero-order valence-corrected chi connectivity index (χ0v) is 25.9. The third-order valence-electron chi connectivity index (χ3n) is 6.72. The van der Waals surface area contributed by atoms with Gasteiger partial charge >= 0.3 is 5.63 Å². The van der Waals surface area contributed by atoms with Gasteiger partial charge in [-0.2, -0.15) is 10.4 Å². The fraction of sp³-hybridized carbons (Fsp3) is 0.0667. The molecule has 4 aromatic heterocycles. The number of aromatic hydroxyl groups is 1. The smallest absolute Gasteiger partial charge is 0.362 e. The fourth-order valence-electron chi connectivity index (χ4n) is 4.59. The Balaban J connectivity index is 1.25. The molecule has 3 N–H and O–H groups in total. The van der Waals surface area contributed by atoms with E-state index in [2.05, 4.69) is 47.0 Å². The number of phenols is 1. The quantitative estimate of drug-likeness (QED) is 0.201. The summed E-state index contributed by atoms with van der Waals surface area (Å²) in [5.41, 5.74) is 0.809. The summed E-state index contributed by atoms with van der Waals surface area (Å²) in [5, 5.41) is 37.8. The Morgan fingerprint density at radius 1 is 1.15 bits per heavy atom. The second-order valence-electron chi connectivity index (χ2n) is 9.83. The number of carbonyl (C=O) groups is 2. The van der Waals surface area contributed by atoms with Crippen LogP contribution in [0.15, 0.2) is 80.8 Å². The number of benzene rings is 2. The minimum absolute atomic E-state index is 0.0247. The molecule has 0 aliphatic rings. The number of nitrogens with zero attached hydrogens (tertiary/aromatic N) is 7. The molecule has 0 aliphatic heterocycles. The minimum atomic E-state index is -0.707. The van der Waals surface area contributed by atoms with E-state index in [9.17, 15) is 24.8 Å². The summed E-state index contributed by atoms with van der Waals surface area (Å²) in [6, 6.07) is 15.5. The molecule has 16 heteroatoms. The maximum Gasteiger partial charge on any atom is 0.362 e. The normalized spacial score (nSPS) is 10.9. The van der Waals surface area contributed by atoms with Crippen LogP contribution in [-0.2, 0) is 6.54 Å². The van der Waals surface area contributed by atoms with Crippen molar-refractivity contribution in [2.45, 2.75) is 13.5 Å². The molecule has 6 rings (SSSR count). The molecule has 4 heterocycles. The molecule has 2 amide bonds. The molecule has 0 bridgehead atoms. The summed E-state index contributed by atoms with van der Waals surface area (Å²) in [7, 11) is 0. The first kappa shape index (κ1) is 30.2. The number of rotatable bonds is 7. The third-order valence-corrected chi connectivity index (χ3v) is 7.40. The number of halogens is 2. The highest BCUT2D eigenvalue weighted by Crippen LogP contribution is 2.26. The first-order chi connectivity index (χ1) is 22.1. The van der Waals surface area contributed by atoms with Crippen molar-refractivity contribution < 1.29 is 19.1 Å². The van der Waals surface area contributed by atoms with Crippen molar-refractivity contribution in [2.75, 3.05) is 5.32 Å². The molecule has 0 atom stereocenters. The van der Waals surface area contributed by atoms with Crippen molar-refractivity contribution in [1.82, 2.24) is 35.1 Å². The zero-order chi connectivity index (χ0) is 32.5. The molecule has 0 saturated carbocycles. The van der Waals surface area contributed by atoms with Crippen LogP contribution in [0.4, 0.5) is 5.69 Å². The van der Waals surface area contributed by atoms with Gasteiger partial charge in [-0.25, -0.2) is 19.1 Å². The molecule has 0 spiro atoms. The van der Waals surface area contributed by atoms with Crippen molar-refractivity contribution in [3.63, 3.8) is 0 Å². The van der Waals surface area contributed by atoms with Crippen molar-refractivity contribution in [2.24, 2.45) is 0 Å². The van der Waals surface area contributed by atoms with Crippen LogP contribution in [-0.4, -0.2) is 46.7 Å². The minimum Gasteiger partial charge on any atom is -0.508 e. The highest BCUT2D eigenvalue weighted by molar-refractivity contribution is 9.10. The molecule has 2 aromatic carbocycles. The SMILES string of the molecule is Cc1cc(C#N)cc(C(=O)NCc2cn(-c3cc4ccc(O)cc4oc3=O)nn2)c1NC(=O)c1cc(Br)nn1-c1ncccc1Cl. The predicted octanol–water partition coefficient (Wildman–Crippen LogP) is 4.44. The Kier molecular flexibility index (Phi) is 8.05. The Morgan fingerprint density at radius 3 is 2.76 bits per heavy atom. The van der Waals surface area contributed by atoms with Gasteiger partial charge in [0.2, 0.25) is 0 Å². The Hall–Kier alpha value is -5.85. The van der Waals surface area contributed by atoms with Crippen LogP contribution in [0.2, 0.25) is 5.02 Å². The largest absolute Gasteiger partial charge is 0.508 e. The fourth-order valence-corrected chi connectivity index (χ4v) is 5.17. The van der Waals surface area contributed by atoms with Crippen LogP contribution in [0.3, 0.4) is 0 Å². The van der Waals surface area contributed by atoms with Crippen molar-refractivity contribution in [3.05, 3.63) is 115 Å². The van der Waals surface area contributed by atoms with Crippen LogP contribution < -0.4 is 16.3 Å². The molecule has 228 valence electrons. The van der Waals surface area contributed by atoms with Gasteiger partial charge < -0.3 is 20.2 Å². The number of aryl methyl sites for hydroxylation is 1. The average molecular weight is 701 g/mol. The van der Waals surface area contributed by atoms with Crippen LogP contribution in [0.5, 0.6) is 5.75 Å². The lowest BCUT2D eigenvalue weighted by Gasteiger charge is -2.15. The van der Waals surface area contributed by atoms with Crippen LogP contribution >= 0.6 is 27.5 Å². The van der Waals surface area contributed by atoms with E-state index in [1.807, 2.05) is 6.07 Å². The van der Waals surface area contributed by atoms with E-state index in [1.54, 1.807) is 25.1 Å². The number of carbonyl (C=O) groups excluding carboxylic acids is 2. The van der Waals surface area contributed by atoms with Crippen molar-refractivity contribution in [3.8, 4) is 23.3 Å². The Morgan fingerprint density at radius 2 is 1.98 bits per heavy atom. The van der Waals surface area contributed by atoms with Gasteiger partial charge in [-0.15, -0.1) is 5.10 Å². The van der Waals surface area contributed by atoms with E-state index in [-0.39, 0.29) is 56.9 Å². The first-order valence-corrected chi connectivity index (χ1v) is 14.5. The standard InChI is InChI=1S/C30H19BrClN9O5/c1-15-7-16(12-33)8-20(26(15)36-29(44)22-11-25(31)38-41(22)27-21(32)3-2-6-34-27)28(43)35-13-18-14-40(39-37-18)23-9-17-4-5-19(42)10-24(17)46-30(23)45/h2-11,14,42H,13H2,1H3,(H,35,43)(H,36,44). The molecule has 14 nitrogen and oxygen atoms in total. The molecule has 0 unspecified atom stereocenters. The average Bonchev–Trinajstić information content (AvgIpc) is 3.67. The first-order valence-electron chi connectivity index (χ1n) is 13.3. The van der Waals surface area contributed by atoms with Crippen molar-refractivity contribution >= 4 is 56.0 Å². The van der Waals surface area contributed by atoms with E-state index in [0.29, 0.717) is 21.2 Å². The van der Waals surface area contributed by atoms with Crippen LogP contribution in [0.25, 0.3) is 22.5 Å². The van der Waals surface area contributed by atoms with E-state index in [1.165, 1.54) is 58.2 Å². The molecule has 0 aliphatic carbocycles. The van der Waals surface area contributed by atoms with Gasteiger partial charge in [-0.05, 0) is 70.9 Å². The van der Waals surface area contributed by atoms with Gasteiger partial charge in [-0.1, -0.05) is 16.8 Å². The molecular weight excluding hydrogens is 682 g/mol. The van der Waals surface area contributed by atoms with E-state index in [4.69, 9.17) is 16.0 Å². The number of aromatic nitrogens is 6. The highest BCUT2D eigenvalue weighted by atomic mass is 79.9. The van der Waals surface area contributed by atoms with E-state index in [0.717, 1.165) is 0 Å². The van der Waals surface area contributed by atoms with Crippen molar-refractivity contribution in [1.29, 1.82) is 5.26 Å².